The van der Waals surface area contributed by atoms with E-state index in [0.29, 0.717) is 75.9 Å². The molecule has 2 aliphatic carbocycles. The molecule has 2 aromatic rings. The summed E-state index contributed by atoms with van der Waals surface area (Å²) in [6.07, 6.45) is 11.1. The van der Waals surface area contributed by atoms with E-state index < -0.39 is 0 Å². The number of aromatic nitrogens is 3. The summed E-state index contributed by atoms with van der Waals surface area (Å²) in [5.74, 6) is 1.68. The zero-order chi connectivity index (χ0) is 27.1. The van der Waals surface area contributed by atoms with Crippen molar-refractivity contribution >= 4 is 29.4 Å². The number of nitrogens with zero attached hydrogens (tertiary/aromatic N) is 3. The summed E-state index contributed by atoms with van der Waals surface area (Å²) in [7, 11) is 0. The van der Waals surface area contributed by atoms with E-state index in [2.05, 4.69) is 36.2 Å². The highest BCUT2D eigenvalue weighted by Crippen LogP contribution is 2.24. The number of anilines is 4. The molecule has 11 nitrogen and oxygen atoms in total. The Bertz CT molecular complexity index is 995. The van der Waals surface area contributed by atoms with Crippen LogP contribution in [0.15, 0.2) is 24.3 Å². The van der Waals surface area contributed by atoms with Gasteiger partial charge in [0.1, 0.15) is 0 Å². The Hall–Kier alpha value is -3.02. The van der Waals surface area contributed by atoms with Crippen molar-refractivity contribution in [1.29, 1.82) is 0 Å². The third kappa shape index (κ3) is 10.6. The molecule has 0 radical (unpaired) electrons. The van der Waals surface area contributed by atoms with Crippen molar-refractivity contribution in [1.82, 2.24) is 20.3 Å². The van der Waals surface area contributed by atoms with E-state index in [4.69, 9.17) is 15.2 Å². The zero-order valence-electron chi connectivity index (χ0n) is 22.9. The highest BCUT2D eigenvalue weighted by molar-refractivity contribution is 5.78. The van der Waals surface area contributed by atoms with Crippen LogP contribution >= 0.6 is 0 Å². The Balaban J connectivity index is 1.27. The lowest BCUT2D eigenvalue weighted by molar-refractivity contribution is -0.120. The monoisotopic (exact) mass is 540 g/mol. The van der Waals surface area contributed by atoms with Crippen molar-refractivity contribution in [3.63, 3.8) is 0 Å². The average molecular weight is 541 g/mol. The van der Waals surface area contributed by atoms with Crippen LogP contribution in [0.5, 0.6) is 0 Å². The number of benzene rings is 1. The molecule has 0 aliphatic heterocycles. The molecule has 0 bridgehead atoms. The molecule has 0 unspecified atom stereocenters. The fourth-order valence-corrected chi connectivity index (χ4v) is 4.99. The van der Waals surface area contributed by atoms with Crippen molar-refractivity contribution in [2.45, 2.75) is 76.3 Å². The van der Waals surface area contributed by atoms with Crippen LogP contribution in [0.2, 0.25) is 0 Å². The summed E-state index contributed by atoms with van der Waals surface area (Å²) in [5, 5.41) is 13.2. The van der Waals surface area contributed by atoms with Gasteiger partial charge in [0.05, 0.1) is 32.8 Å². The van der Waals surface area contributed by atoms with Crippen LogP contribution < -0.4 is 27.0 Å². The highest BCUT2D eigenvalue weighted by atomic mass is 16.5. The number of nitrogens with two attached hydrogens (primary N) is 1. The van der Waals surface area contributed by atoms with Crippen LogP contribution in [0.3, 0.4) is 0 Å². The number of carbonyl (C=O) groups is 1. The first-order valence-corrected chi connectivity index (χ1v) is 14.5. The summed E-state index contributed by atoms with van der Waals surface area (Å²) in [4.78, 5) is 26.3. The molecule has 39 heavy (non-hydrogen) atoms. The molecule has 1 heterocycles. The summed E-state index contributed by atoms with van der Waals surface area (Å²) in [6.45, 7) is 2.93. The third-order valence-electron chi connectivity index (χ3n) is 7.04. The SMILES string of the molecule is NCCOCCOCCNC(=O)Cc1ccc(Nc2nc(NC3CCCCC3)nc(NC3CCCC3)n2)cc1. The maximum Gasteiger partial charge on any atom is 0.233 e. The van der Waals surface area contributed by atoms with E-state index in [1.807, 2.05) is 24.3 Å². The lowest BCUT2D eigenvalue weighted by atomic mass is 9.96. The molecular formula is C28H44N8O3. The van der Waals surface area contributed by atoms with E-state index in [9.17, 15) is 4.79 Å². The van der Waals surface area contributed by atoms with Gasteiger partial charge >= 0.3 is 0 Å². The molecule has 1 aromatic heterocycles. The molecule has 6 N–H and O–H groups in total. The second kappa shape index (κ2) is 16.2. The molecule has 2 saturated carbocycles. The molecule has 4 rings (SSSR count). The molecule has 0 saturated heterocycles. The van der Waals surface area contributed by atoms with E-state index in [-0.39, 0.29) is 5.91 Å². The largest absolute Gasteiger partial charge is 0.378 e. The molecule has 0 atom stereocenters. The van der Waals surface area contributed by atoms with Crippen LogP contribution in [-0.2, 0) is 20.7 Å². The fraction of sp³-hybridized carbons (Fsp3) is 0.643. The van der Waals surface area contributed by atoms with Crippen LogP contribution in [0.4, 0.5) is 23.5 Å². The van der Waals surface area contributed by atoms with Crippen LogP contribution in [0.25, 0.3) is 0 Å². The number of amides is 1. The summed E-state index contributed by atoms with van der Waals surface area (Å²) in [6, 6.07) is 8.57. The third-order valence-corrected chi connectivity index (χ3v) is 7.04. The quantitative estimate of drug-likeness (QED) is 0.201. The van der Waals surface area contributed by atoms with Gasteiger partial charge in [-0.3, -0.25) is 4.79 Å². The first-order chi connectivity index (χ1) is 19.2. The molecule has 0 spiro atoms. The van der Waals surface area contributed by atoms with E-state index in [1.165, 1.54) is 32.1 Å². The van der Waals surface area contributed by atoms with Crippen LogP contribution in [-0.4, -0.2) is 72.5 Å². The number of carbonyl (C=O) groups excluding carboxylic acids is 1. The van der Waals surface area contributed by atoms with Gasteiger partial charge in [-0.05, 0) is 43.4 Å². The predicted molar refractivity (Wildman–Crippen MR) is 153 cm³/mol. The van der Waals surface area contributed by atoms with E-state index in [0.717, 1.165) is 36.9 Å². The molecular weight excluding hydrogens is 496 g/mol. The second-order valence-corrected chi connectivity index (χ2v) is 10.3. The second-order valence-electron chi connectivity index (χ2n) is 10.3. The summed E-state index contributed by atoms with van der Waals surface area (Å²) < 4.78 is 10.7. The summed E-state index contributed by atoms with van der Waals surface area (Å²) in [5.41, 5.74) is 7.14. The minimum absolute atomic E-state index is 0.0442. The van der Waals surface area contributed by atoms with Gasteiger partial charge in [0.2, 0.25) is 23.8 Å². The number of nitrogens with one attached hydrogen (secondary N) is 4. The first kappa shape index (κ1) is 29.0. The van der Waals surface area contributed by atoms with Crippen molar-refractivity contribution in [2.24, 2.45) is 5.73 Å². The van der Waals surface area contributed by atoms with Crippen molar-refractivity contribution in [3.05, 3.63) is 29.8 Å². The normalized spacial score (nSPS) is 16.2. The van der Waals surface area contributed by atoms with Gasteiger partial charge in [-0.1, -0.05) is 44.2 Å². The molecule has 1 aromatic carbocycles. The summed E-state index contributed by atoms with van der Waals surface area (Å²) >= 11 is 0. The maximum atomic E-state index is 12.3. The van der Waals surface area contributed by atoms with E-state index in [1.54, 1.807) is 0 Å². The van der Waals surface area contributed by atoms with Gasteiger partial charge < -0.3 is 36.5 Å². The Labute approximate surface area is 231 Å². The van der Waals surface area contributed by atoms with Gasteiger partial charge in [0.25, 0.3) is 0 Å². The maximum absolute atomic E-state index is 12.3. The van der Waals surface area contributed by atoms with Gasteiger partial charge in [0, 0.05) is 30.9 Å². The lowest BCUT2D eigenvalue weighted by Gasteiger charge is -2.23. The Morgan fingerprint density at radius 1 is 0.769 bits per heavy atom. The Morgan fingerprint density at radius 2 is 1.33 bits per heavy atom. The fourth-order valence-electron chi connectivity index (χ4n) is 4.99. The number of hydrogen-bond donors (Lipinski definition) is 5. The average Bonchev–Trinajstić information content (AvgIpc) is 3.45. The van der Waals surface area contributed by atoms with Crippen LogP contribution in [0, 0.1) is 0 Å². The Morgan fingerprint density at radius 3 is 1.95 bits per heavy atom. The number of rotatable bonds is 16. The lowest BCUT2D eigenvalue weighted by Crippen LogP contribution is -2.29. The molecule has 2 fully saturated rings. The highest BCUT2D eigenvalue weighted by Gasteiger charge is 2.19. The minimum Gasteiger partial charge on any atom is -0.378 e. The van der Waals surface area contributed by atoms with Crippen LogP contribution in [0.1, 0.15) is 63.4 Å². The van der Waals surface area contributed by atoms with Crippen molar-refractivity contribution in [2.75, 3.05) is 55.5 Å². The first-order valence-electron chi connectivity index (χ1n) is 14.5. The molecule has 214 valence electrons. The molecule has 1 amide bonds. The van der Waals surface area contributed by atoms with Gasteiger partial charge in [-0.2, -0.15) is 15.0 Å². The van der Waals surface area contributed by atoms with Gasteiger partial charge in [0.15, 0.2) is 0 Å². The molecule has 2 aliphatic rings. The standard InChI is InChI=1S/C28H44N8O3/c29-14-16-38-18-19-39-17-15-30-25(37)20-21-10-12-24(13-11-21)33-28-35-26(31-22-6-2-1-3-7-22)34-27(36-28)32-23-8-4-5-9-23/h10-13,22-23H,1-9,14-20,29H2,(H,30,37)(H3,31,32,33,34,35,36). The van der Waals surface area contributed by atoms with Gasteiger partial charge in [-0.25, -0.2) is 0 Å². The van der Waals surface area contributed by atoms with Crippen molar-refractivity contribution in [3.8, 4) is 0 Å². The minimum atomic E-state index is -0.0442. The predicted octanol–water partition coefficient (Wildman–Crippen LogP) is 3.36. The smallest absolute Gasteiger partial charge is 0.233 e. The number of ether oxygens (including phenoxy) is 2. The molecule has 11 heteroatoms. The topological polar surface area (TPSA) is 148 Å². The van der Waals surface area contributed by atoms with Crippen molar-refractivity contribution < 1.29 is 14.3 Å². The zero-order valence-corrected chi connectivity index (χ0v) is 22.9. The Kier molecular flexibility index (Phi) is 12.0. The van der Waals surface area contributed by atoms with Gasteiger partial charge in [-0.15, -0.1) is 0 Å². The number of hydrogen-bond acceptors (Lipinski definition) is 10. The van der Waals surface area contributed by atoms with E-state index >= 15 is 0 Å².